The SMILES string of the molecule is COc1ccccc1CN(CCc1c[nH]c2ccccc12)Cc1nc(C(=O)NCc2ccco2)co1. The fourth-order valence-corrected chi connectivity index (χ4v) is 4.26. The maximum atomic E-state index is 12.5. The first kappa shape index (κ1) is 23.4. The number of methoxy groups -OCH3 is 1. The molecule has 1 amide bonds. The second kappa shape index (κ2) is 11.0. The van der Waals surface area contributed by atoms with Gasteiger partial charge in [-0.05, 0) is 36.2 Å². The Bertz CT molecular complexity index is 1420. The summed E-state index contributed by atoms with van der Waals surface area (Å²) in [7, 11) is 1.68. The highest BCUT2D eigenvalue weighted by Gasteiger charge is 2.17. The molecule has 0 atom stereocenters. The van der Waals surface area contributed by atoms with Gasteiger partial charge in [-0.15, -0.1) is 0 Å². The Morgan fingerprint density at radius 3 is 2.75 bits per heavy atom. The van der Waals surface area contributed by atoms with Gasteiger partial charge in [0.05, 0.1) is 26.5 Å². The number of H-pyrrole nitrogens is 1. The van der Waals surface area contributed by atoms with Crippen molar-refractivity contribution >= 4 is 16.8 Å². The first-order valence-corrected chi connectivity index (χ1v) is 11.8. The lowest BCUT2D eigenvalue weighted by molar-refractivity contribution is 0.0943. The number of furan rings is 1. The average molecular weight is 485 g/mol. The van der Waals surface area contributed by atoms with Crippen LogP contribution in [0.3, 0.4) is 0 Å². The van der Waals surface area contributed by atoms with Crippen LogP contribution in [0.1, 0.15) is 33.3 Å². The Morgan fingerprint density at radius 1 is 1.03 bits per heavy atom. The van der Waals surface area contributed by atoms with Gasteiger partial charge < -0.3 is 23.9 Å². The van der Waals surface area contributed by atoms with E-state index in [4.69, 9.17) is 13.6 Å². The molecule has 0 bridgehead atoms. The predicted molar refractivity (Wildman–Crippen MR) is 135 cm³/mol. The molecule has 0 saturated heterocycles. The molecule has 0 unspecified atom stereocenters. The Labute approximate surface area is 208 Å². The summed E-state index contributed by atoms with van der Waals surface area (Å²) < 4.78 is 16.5. The van der Waals surface area contributed by atoms with E-state index < -0.39 is 0 Å². The van der Waals surface area contributed by atoms with Gasteiger partial charge in [-0.3, -0.25) is 9.69 Å². The van der Waals surface area contributed by atoms with Crippen LogP contribution in [0.4, 0.5) is 0 Å². The minimum absolute atomic E-state index is 0.241. The highest BCUT2D eigenvalue weighted by Crippen LogP contribution is 2.22. The van der Waals surface area contributed by atoms with Crippen molar-refractivity contribution in [3.63, 3.8) is 0 Å². The number of hydrogen-bond acceptors (Lipinski definition) is 6. The first-order valence-electron chi connectivity index (χ1n) is 11.8. The van der Waals surface area contributed by atoms with E-state index in [0.717, 1.165) is 29.8 Å². The van der Waals surface area contributed by atoms with Crippen LogP contribution in [0.2, 0.25) is 0 Å². The molecule has 0 radical (unpaired) electrons. The van der Waals surface area contributed by atoms with Crippen LogP contribution in [0.5, 0.6) is 5.75 Å². The summed E-state index contributed by atoms with van der Waals surface area (Å²) in [6.45, 7) is 2.15. The summed E-state index contributed by atoms with van der Waals surface area (Å²) in [5.41, 5.74) is 3.69. The number of fused-ring (bicyclic) bond motifs is 1. The lowest BCUT2D eigenvalue weighted by Gasteiger charge is -2.22. The number of nitrogens with zero attached hydrogens (tertiary/aromatic N) is 2. The summed E-state index contributed by atoms with van der Waals surface area (Å²) >= 11 is 0. The first-order chi connectivity index (χ1) is 17.7. The van der Waals surface area contributed by atoms with Crippen LogP contribution in [-0.4, -0.2) is 34.4 Å². The molecule has 184 valence electrons. The van der Waals surface area contributed by atoms with Crippen molar-refractivity contribution in [2.75, 3.05) is 13.7 Å². The monoisotopic (exact) mass is 484 g/mol. The second-order valence-corrected chi connectivity index (χ2v) is 8.52. The van der Waals surface area contributed by atoms with E-state index in [1.54, 1.807) is 25.5 Å². The zero-order valence-electron chi connectivity index (χ0n) is 20.1. The minimum atomic E-state index is -0.309. The highest BCUT2D eigenvalue weighted by atomic mass is 16.5. The minimum Gasteiger partial charge on any atom is -0.496 e. The molecule has 8 nitrogen and oxygen atoms in total. The average Bonchev–Trinajstić information content (AvgIpc) is 3.68. The van der Waals surface area contributed by atoms with Gasteiger partial charge in [-0.25, -0.2) is 4.98 Å². The fraction of sp³-hybridized carbons (Fsp3) is 0.214. The number of carbonyl (C=O) groups is 1. The van der Waals surface area contributed by atoms with Crippen molar-refractivity contribution < 1.29 is 18.4 Å². The van der Waals surface area contributed by atoms with Crippen molar-refractivity contribution in [3.05, 3.63) is 108 Å². The molecule has 0 aliphatic rings. The quantitative estimate of drug-likeness (QED) is 0.276. The van der Waals surface area contributed by atoms with E-state index in [2.05, 4.69) is 50.6 Å². The lowest BCUT2D eigenvalue weighted by Crippen LogP contribution is -2.26. The van der Waals surface area contributed by atoms with Gasteiger partial charge in [0.15, 0.2) is 5.69 Å². The van der Waals surface area contributed by atoms with E-state index in [0.29, 0.717) is 31.3 Å². The van der Waals surface area contributed by atoms with Gasteiger partial charge in [0.25, 0.3) is 5.91 Å². The molecule has 3 heterocycles. The summed E-state index contributed by atoms with van der Waals surface area (Å²) in [4.78, 5) is 22.5. The van der Waals surface area contributed by atoms with Gasteiger partial charge >= 0.3 is 0 Å². The molecule has 2 aromatic carbocycles. The van der Waals surface area contributed by atoms with Crippen LogP contribution in [-0.2, 0) is 26.1 Å². The van der Waals surface area contributed by atoms with Crippen molar-refractivity contribution in [3.8, 4) is 5.75 Å². The van der Waals surface area contributed by atoms with Crippen LogP contribution in [0.25, 0.3) is 10.9 Å². The third-order valence-corrected chi connectivity index (χ3v) is 6.11. The van der Waals surface area contributed by atoms with Crippen molar-refractivity contribution in [1.29, 1.82) is 0 Å². The molecule has 8 heteroatoms. The van der Waals surface area contributed by atoms with Crippen molar-refractivity contribution in [1.82, 2.24) is 20.2 Å². The Hall–Kier alpha value is -4.30. The number of amides is 1. The standard InChI is InChI=1S/C28H28N4O4/c1-34-26-11-5-2-7-21(26)17-32(13-12-20-15-29-24-10-4-3-9-23(20)24)18-27-31-25(19-36-27)28(33)30-16-22-8-6-14-35-22/h2-11,14-15,19,29H,12-13,16-18H2,1H3,(H,30,33). The lowest BCUT2D eigenvalue weighted by atomic mass is 10.1. The molecular weight excluding hydrogens is 456 g/mol. The Morgan fingerprint density at radius 2 is 1.89 bits per heavy atom. The molecule has 0 aliphatic carbocycles. The molecule has 5 rings (SSSR count). The van der Waals surface area contributed by atoms with Crippen molar-refractivity contribution in [2.24, 2.45) is 0 Å². The number of oxazole rings is 1. The molecule has 0 aliphatic heterocycles. The normalized spacial score (nSPS) is 11.3. The van der Waals surface area contributed by atoms with Crippen LogP contribution in [0, 0.1) is 0 Å². The number of hydrogen-bond donors (Lipinski definition) is 2. The number of nitrogens with one attached hydrogen (secondary N) is 2. The largest absolute Gasteiger partial charge is 0.496 e. The summed E-state index contributed by atoms with van der Waals surface area (Å²) in [5, 5.41) is 4.02. The molecule has 0 spiro atoms. The smallest absolute Gasteiger partial charge is 0.273 e. The second-order valence-electron chi connectivity index (χ2n) is 8.52. The van der Waals surface area contributed by atoms with E-state index >= 15 is 0 Å². The van der Waals surface area contributed by atoms with Gasteiger partial charge in [0.1, 0.15) is 17.8 Å². The summed E-state index contributed by atoms with van der Waals surface area (Å²) in [6.07, 6.45) is 5.88. The number of ether oxygens (including phenoxy) is 1. The number of aromatic nitrogens is 2. The maximum Gasteiger partial charge on any atom is 0.273 e. The molecule has 2 N–H and O–H groups in total. The number of rotatable bonds is 11. The van der Waals surface area contributed by atoms with Gasteiger partial charge in [0, 0.05) is 35.8 Å². The number of carbonyl (C=O) groups excluding carboxylic acids is 1. The fourth-order valence-electron chi connectivity index (χ4n) is 4.26. The zero-order chi connectivity index (χ0) is 24.7. The Kier molecular flexibility index (Phi) is 7.14. The number of para-hydroxylation sites is 2. The van der Waals surface area contributed by atoms with E-state index in [9.17, 15) is 4.79 Å². The van der Waals surface area contributed by atoms with Gasteiger partial charge in [-0.1, -0.05) is 36.4 Å². The van der Waals surface area contributed by atoms with Gasteiger partial charge in [-0.2, -0.15) is 0 Å². The molecule has 3 aromatic heterocycles. The maximum absolute atomic E-state index is 12.5. The molecular formula is C28H28N4O4. The summed E-state index contributed by atoms with van der Waals surface area (Å²) in [5.74, 6) is 1.68. The molecule has 0 saturated carbocycles. The molecule has 5 aromatic rings. The van der Waals surface area contributed by atoms with E-state index in [1.807, 2.05) is 24.3 Å². The van der Waals surface area contributed by atoms with Crippen LogP contribution < -0.4 is 10.1 Å². The number of benzene rings is 2. The zero-order valence-corrected chi connectivity index (χ0v) is 20.1. The third-order valence-electron chi connectivity index (χ3n) is 6.11. The molecule has 0 fully saturated rings. The molecule has 36 heavy (non-hydrogen) atoms. The van der Waals surface area contributed by atoms with E-state index in [-0.39, 0.29) is 11.6 Å². The third kappa shape index (κ3) is 5.50. The van der Waals surface area contributed by atoms with Gasteiger partial charge in [0.2, 0.25) is 5.89 Å². The number of aromatic amines is 1. The predicted octanol–water partition coefficient (Wildman–Crippen LogP) is 4.93. The topological polar surface area (TPSA) is 96.5 Å². The highest BCUT2D eigenvalue weighted by molar-refractivity contribution is 5.91. The van der Waals surface area contributed by atoms with Crippen LogP contribution in [0.15, 0.2) is 88.2 Å². The summed E-state index contributed by atoms with van der Waals surface area (Å²) in [6, 6.07) is 19.9. The van der Waals surface area contributed by atoms with Crippen molar-refractivity contribution in [2.45, 2.75) is 26.1 Å². The Balaban J connectivity index is 1.29. The van der Waals surface area contributed by atoms with E-state index in [1.165, 1.54) is 17.2 Å². The van der Waals surface area contributed by atoms with Crippen LogP contribution >= 0.6 is 0 Å².